The van der Waals surface area contributed by atoms with Crippen LogP contribution in [-0.2, 0) is 4.74 Å². The summed E-state index contributed by atoms with van der Waals surface area (Å²) in [5.74, 6) is 1.63. The predicted octanol–water partition coefficient (Wildman–Crippen LogP) is 6.74. The van der Waals surface area contributed by atoms with E-state index in [1.165, 1.54) is 69.8 Å². The summed E-state index contributed by atoms with van der Waals surface area (Å²) in [6, 6.07) is 0. The Labute approximate surface area is 167 Å². The van der Waals surface area contributed by atoms with Gasteiger partial charge in [-0.2, -0.15) is 0 Å². The maximum absolute atomic E-state index is 11.9. The van der Waals surface area contributed by atoms with Crippen molar-refractivity contribution in [1.82, 2.24) is 4.90 Å². The number of ether oxygens (including phenoxy) is 1. The molecule has 1 saturated heterocycles. The summed E-state index contributed by atoms with van der Waals surface area (Å²) in [5, 5.41) is 0. The number of hydrogen-bond donors (Lipinski definition) is 0. The van der Waals surface area contributed by atoms with Crippen LogP contribution in [0.15, 0.2) is 24.3 Å². The molecule has 3 heteroatoms. The minimum absolute atomic E-state index is 0.111. The summed E-state index contributed by atoms with van der Waals surface area (Å²) in [6.07, 6.45) is 17.2. The summed E-state index contributed by atoms with van der Waals surface area (Å²) in [7, 11) is 0. The smallest absolute Gasteiger partial charge is 0.409 e. The molecule has 1 amide bonds. The molecule has 2 aliphatic rings. The molecule has 0 aromatic carbocycles. The van der Waals surface area contributed by atoms with Gasteiger partial charge in [0.25, 0.3) is 0 Å². The Bertz CT molecular complexity index is 505. The van der Waals surface area contributed by atoms with Gasteiger partial charge in [-0.25, -0.2) is 4.79 Å². The minimum Gasteiger partial charge on any atom is -0.450 e. The normalized spacial score (nSPS) is 26.1. The van der Waals surface area contributed by atoms with Crippen LogP contribution >= 0.6 is 0 Å². The number of hydrogen-bond acceptors (Lipinski definition) is 2. The molecule has 2 fully saturated rings. The lowest BCUT2D eigenvalue weighted by atomic mass is 9.60. The van der Waals surface area contributed by atoms with E-state index in [0.29, 0.717) is 12.0 Å². The fraction of sp³-hybridized carbons (Fsp3) is 0.792. The molecule has 154 valence electrons. The molecule has 2 rings (SSSR count). The zero-order chi connectivity index (χ0) is 19.7. The number of amides is 1. The fourth-order valence-electron chi connectivity index (χ4n) is 5.28. The summed E-state index contributed by atoms with van der Waals surface area (Å²) in [6.45, 7) is 12.6. The summed E-state index contributed by atoms with van der Waals surface area (Å²) in [4.78, 5) is 13.8. The van der Waals surface area contributed by atoms with Crippen LogP contribution in [0.25, 0.3) is 0 Å². The van der Waals surface area contributed by atoms with Crippen LogP contribution in [0.5, 0.6) is 0 Å². The maximum Gasteiger partial charge on any atom is 0.409 e. The first-order valence-electron chi connectivity index (χ1n) is 11.2. The van der Waals surface area contributed by atoms with E-state index in [4.69, 9.17) is 4.74 Å². The van der Waals surface area contributed by atoms with Crippen molar-refractivity contribution in [2.75, 3.05) is 19.7 Å². The van der Waals surface area contributed by atoms with E-state index in [1.807, 2.05) is 17.9 Å². The second-order valence-corrected chi connectivity index (χ2v) is 8.91. The summed E-state index contributed by atoms with van der Waals surface area (Å²) < 4.78 is 5.15. The monoisotopic (exact) mass is 375 g/mol. The van der Waals surface area contributed by atoms with Crippen molar-refractivity contribution in [3.8, 4) is 0 Å². The third kappa shape index (κ3) is 6.40. The van der Waals surface area contributed by atoms with Crippen molar-refractivity contribution in [1.29, 1.82) is 0 Å². The van der Waals surface area contributed by atoms with E-state index in [-0.39, 0.29) is 6.09 Å². The first-order valence-corrected chi connectivity index (χ1v) is 11.2. The van der Waals surface area contributed by atoms with Crippen LogP contribution in [0.3, 0.4) is 0 Å². The van der Waals surface area contributed by atoms with Gasteiger partial charge in [-0.15, -0.1) is 0 Å². The van der Waals surface area contributed by atoms with Crippen LogP contribution in [0.1, 0.15) is 85.0 Å². The molecule has 1 saturated carbocycles. The lowest BCUT2D eigenvalue weighted by Gasteiger charge is -2.45. The van der Waals surface area contributed by atoms with Crippen molar-refractivity contribution in [3.63, 3.8) is 0 Å². The van der Waals surface area contributed by atoms with Gasteiger partial charge in [0.2, 0.25) is 0 Å². The Morgan fingerprint density at radius 1 is 1.26 bits per heavy atom. The number of carbonyl (C=O) groups is 1. The first kappa shape index (κ1) is 22.0. The highest BCUT2D eigenvalue weighted by Gasteiger charge is 2.49. The quantitative estimate of drug-likeness (QED) is 0.295. The Hall–Kier alpha value is -1.25. The van der Waals surface area contributed by atoms with Crippen molar-refractivity contribution >= 4 is 6.09 Å². The minimum atomic E-state index is -0.111. The van der Waals surface area contributed by atoms with Gasteiger partial charge in [-0.05, 0) is 63.2 Å². The highest BCUT2D eigenvalue weighted by Crippen LogP contribution is 2.53. The Balaban J connectivity index is 1.58. The second kappa shape index (κ2) is 10.9. The van der Waals surface area contributed by atoms with Crippen LogP contribution in [0, 0.1) is 17.3 Å². The largest absolute Gasteiger partial charge is 0.450 e. The Morgan fingerprint density at radius 2 is 2.04 bits per heavy atom. The first-order chi connectivity index (χ1) is 13.0. The molecule has 27 heavy (non-hydrogen) atoms. The van der Waals surface area contributed by atoms with E-state index in [9.17, 15) is 4.79 Å². The Kier molecular flexibility index (Phi) is 8.92. The van der Waals surface area contributed by atoms with E-state index in [0.717, 1.165) is 24.9 Å². The molecule has 0 aromatic heterocycles. The molecule has 0 aromatic rings. The average Bonchev–Trinajstić information content (AvgIpc) is 3.06. The standard InChI is InChI=1S/C24H41NO2/c1-5-11-20(4)22(12-6-2)14-10-8-9-13-21-17-24(18-21)15-16-25(19-24)23(26)27-7-3/h5,11,21-22H,1,6-10,12-19H2,2-4H3/b20-11+. The fourth-order valence-corrected chi connectivity index (χ4v) is 5.28. The number of unbranched alkanes of at least 4 members (excludes halogenated alkanes) is 2. The van der Waals surface area contributed by atoms with E-state index < -0.39 is 0 Å². The molecule has 0 bridgehead atoms. The molecule has 3 nitrogen and oxygen atoms in total. The highest BCUT2D eigenvalue weighted by molar-refractivity contribution is 5.68. The molecular weight excluding hydrogens is 334 g/mol. The third-order valence-corrected chi connectivity index (χ3v) is 6.73. The van der Waals surface area contributed by atoms with Gasteiger partial charge in [0.15, 0.2) is 0 Å². The van der Waals surface area contributed by atoms with Gasteiger partial charge >= 0.3 is 6.09 Å². The van der Waals surface area contributed by atoms with Gasteiger partial charge in [0.05, 0.1) is 6.61 Å². The van der Waals surface area contributed by atoms with Gasteiger partial charge in [0.1, 0.15) is 0 Å². The maximum atomic E-state index is 11.9. The average molecular weight is 376 g/mol. The van der Waals surface area contributed by atoms with Crippen LogP contribution in [0.2, 0.25) is 0 Å². The van der Waals surface area contributed by atoms with Crippen molar-refractivity contribution in [3.05, 3.63) is 24.3 Å². The molecule has 0 radical (unpaired) electrons. The van der Waals surface area contributed by atoms with E-state index in [2.05, 4.69) is 26.5 Å². The second-order valence-electron chi connectivity index (χ2n) is 8.91. The van der Waals surface area contributed by atoms with Crippen LogP contribution in [-0.4, -0.2) is 30.7 Å². The van der Waals surface area contributed by atoms with Gasteiger partial charge in [0, 0.05) is 13.1 Å². The summed E-state index contributed by atoms with van der Waals surface area (Å²) >= 11 is 0. The zero-order valence-electron chi connectivity index (χ0n) is 18.0. The van der Waals surface area contributed by atoms with E-state index >= 15 is 0 Å². The topological polar surface area (TPSA) is 29.5 Å². The Morgan fingerprint density at radius 3 is 2.70 bits per heavy atom. The summed E-state index contributed by atoms with van der Waals surface area (Å²) in [5.41, 5.74) is 1.93. The number of allylic oxidation sites excluding steroid dienone is 3. The van der Waals surface area contributed by atoms with Crippen molar-refractivity contribution in [2.45, 2.75) is 85.0 Å². The number of rotatable bonds is 11. The van der Waals surface area contributed by atoms with Gasteiger partial charge < -0.3 is 9.64 Å². The highest BCUT2D eigenvalue weighted by atomic mass is 16.6. The molecule has 1 aliphatic carbocycles. The van der Waals surface area contributed by atoms with E-state index in [1.54, 1.807) is 0 Å². The third-order valence-electron chi connectivity index (χ3n) is 6.73. The zero-order valence-corrected chi connectivity index (χ0v) is 18.0. The molecular formula is C24H41NO2. The number of nitrogens with zero attached hydrogens (tertiary/aromatic N) is 1. The van der Waals surface area contributed by atoms with Crippen LogP contribution < -0.4 is 0 Å². The van der Waals surface area contributed by atoms with Gasteiger partial charge in [-0.3, -0.25) is 0 Å². The SMILES string of the molecule is C=C/C=C(\C)C(CCC)CCCCCC1CC2(CCN(C(=O)OCC)C2)C1. The lowest BCUT2D eigenvalue weighted by Crippen LogP contribution is -2.41. The van der Waals surface area contributed by atoms with Crippen molar-refractivity contribution in [2.24, 2.45) is 17.3 Å². The molecule has 1 unspecified atom stereocenters. The van der Waals surface area contributed by atoms with Crippen LogP contribution in [0.4, 0.5) is 4.79 Å². The molecule has 1 heterocycles. The van der Waals surface area contributed by atoms with Crippen molar-refractivity contribution < 1.29 is 9.53 Å². The molecule has 1 atom stereocenters. The number of likely N-dealkylation sites (tertiary alicyclic amines) is 1. The van der Waals surface area contributed by atoms with Gasteiger partial charge in [-0.1, -0.05) is 63.3 Å². The molecule has 1 spiro atoms. The molecule has 0 N–H and O–H groups in total. The predicted molar refractivity (Wildman–Crippen MR) is 114 cm³/mol. The molecule has 1 aliphatic heterocycles. The lowest BCUT2D eigenvalue weighted by molar-refractivity contribution is 0.0512. The number of carbonyl (C=O) groups excluding carboxylic acids is 1.